The fraction of sp³-hybridized carbons (Fsp3) is 0.250. The van der Waals surface area contributed by atoms with Crippen LogP contribution in [0.2, 0.25) is 5.02 Å². The van der Waals surface area contributed by atoms with Crippen molar-refractivity contribution in [3.8, 4) is 5.75 Å². The average molecular weight is 439 g/mol. The fourth-order valence-electron chi connectivity index (χ4n) is 3.88. The van der Waals surface area contributed by atoms with Gasteiger partial charge >= 0.3 is 6.03 Å². The van der Waals surface area contributed by atoms with Crippen molar-refractivity contribution in [2.45, 2.75) is 25.0 Å². The maximum absolute atomic E-state index is 13.2. The van der Waals surface area contributed by atoms with Gasteiger partial charge in [-0.15, -0.1) is 0 Å². The molecule has 0 aromatic heterocycles. The van der Waals surface area contributed by atoms with E-state index in [1.165, 1.54) is 0 Å². The molecule has 0 saturated carbocycles. The molecule has 0 aliphatic carbocycles. The summed E-state index contributed by atoms with van der Waals surface area (Å²) >= 11 is 5.96. The van der Waals surface area contributed by atoms with Crippen LogP contribution in [0, 0.1) is 0 Å². The topological polar surface area (TPSA) is 78.9 Å². The third kappa shape index (κ3) is 4.09. The molecule has 0 spiro atoms. The van der Waals surface area contributed by atoms with Crippen molar-refractivity contribution in [2.75, 3.05) is 13.2 Å². The van der Waals surface area contributed by atoms with E-state index in [4.69, 9.17) is 16.3 Å². The quantitative estimate of drug-likeness (QED) is 0.544. The molecule has 3 amide bonds. The number of benzene rings is 3. The lowest BCUT2D eigenvalue weighted by Gasteiger charge is -2.26. The lowest BCUT2D eigenvalue weighted by molar-refractivity contribution is -0.132. The monoisotopic (exact) mass is 438 g/mol. The zero-order valence-electron chi connectivity index (χ0n) is 17.0. The van der Waals surface area contributed by atoms with Gasteiger partial charge in [0.2, 0.25) is 0 Å². The largest absolute Gasteiger partial charge is 0.491 e. The van der Waals surface area contributed by atoms with Gasteiger partial charge in [-0.25, -0.2) is 4.79 Å². The normalized spacial score (nSPS) is 19.5. The number of carbonyl (C=O) groups excluding carboxylic acids is 2. The van der Waals surface area contributed by atoms with Gasteiger partial charge in [-0.2, -0.15) is 0 Å². The number of β-amino-alcohol motifs (C(OH)–C–C–N with tert-alkyl or cyclic N) is 1. The number of ether oxygens (including phenoxy) is 1. The number of aliphatic hydroxyl groups excluding tert-OH is 1. The lowest BCUT2D eigenvalue weighted by Crippen LogP contribution is -2.44. The predicted octanol–water partition coefficient (Wildman–Crippen LogP) is 4.09. The number of imide groups is 1. The average Bonchev–Trinajstić information content (AvgIpc) is 3.03. The van der Waals surface area contributed by atoms with E-state index in [1.54, 1.807) is 24.3 Å². The van der Waals surface area contributed by atoms with Crippen LogP contribution in [-0.2, 0) is 10.3 Å². The van der Waals surface area contributed by atoms with Gasteiger partial charge in [0.1, 0.15) is 24.0 Å². The molecule has 3 aromatic carbocycles. The smallest absolute Gasteiger partial charge is 0.325 e. The second kappa shape index (κ2) is 8.57. The van der Waals surface area contributed by atoms with Gasteiger partial charge in [0.15, 0.2) is 0 Å². The molecule has 1 heterocycles. The number of urea groups is 1. The third-order valence-electron chi connectivity index (χ3n) is 5.60. The zero-order valence-corrected chi connectivity index (χ0v) is 17.8. The molecule has 2 unspecified atom stereocenters. The van der Waals surface area contributed by atoms with E-state index in [0.717, 1.165) is 15.7 Å². The number of nitrogens with zero attached hydrogens (tertiary/aromatic N) is 1. The fourth-order valence-corrected chi connectivity index (χ4v) is 4.00. The van der Waals surface area contributed by atoms with Gasteiger partial charge in [-0.05, 0) is 47.0 Å². The summed E-state index contributed by atoms with van der Waals surface area (Å²) in [6.45, 7) is 1.62. The van der Waals surface area contributed by atoms with E-state index in [0.29, 0.717) is 22.8 Å². The second-order valence-electron chi connectivity index (χ2n) is 7.59. The molecule has 2 atom stereocenters. The molecule has 1 fully saturated rings. The maximum atomic E-state index is 13.2. The minimum Gasteiger partial charge on any atom is -0.491 e. The van der Waals surface area contributed by atoms with Crippen molar-refractivity contribution in [3.05, 3.63) is 77.3 Å². The summed E-state index contributed by atoms with van der Waals surface area (Å²) in [6, 6.07) is 19.8. The Labute approximate surface area is 185 Å². The van der Waals surface area contributed by atoms with Gasteiger partial charge in [0.25, 0.3) is 5.91 Å². The Morgan fingerprint density at radius 1 is 1.06 bits per heavy atom. The first-order valence-corrected chi connectivity index (χ1v) is 10.5. The van der Waals surface area contributed by atoms with Crippen molar-refractivity contribution in [1.29, 1.82) is 0 Å². The van der Waals surface area contributed by atoms with Crippen LogP contribution >= 0.6 is 11.6 Å². The molecule has 31 heavy (non-hydrogen) atoms. The van der Waals surface area contributed by atoms with Crippen molar-refractivity contribution < 1.29 is 19.4 Å². The molecule has 6 nitrogen and oxygen atoms in total. The molecule has 1 aliphatic heterocycles. The Hall–Kier alpha value is -3.09. The van der Waals surface area contributed by atoms with Crippen LogP contribution in [0.25, 0.3) is 10.8 Å². The van der Waals surface area contributed by atoms with Crippen LogP contribution in [0.15, 0.2) is 66.7 Å². The molecule has 7 heteroatoms. The number of carbonyl (C=O) groups is 2. The van der Waals surface area contributed by atoms with Gasteiger partial charge < -0.3 is 15.2 Å². The highest BCUT2D eigenvalue weighted by molar-refractivity contribution is 6.30. The first-order valence-electron chi connectivity index (χ1n) is 10.1. The van der Waals surface area contributed by atoms with E-state index in [1.807, 2.05) is 49.4 Å². The second-order valence-corrected chi connectivity index (χ2v) is 8.02. The highest BCUT2D eigenvalue weighted by atomic mass is 35.5. The molecule has 0 bridgehead atoms. The van der Waals surface area contributed by atoms with E-state index >= 15 is 0 Å². The minimum absolute atomic E-state index is 0.0462. The molecular formula is C24H23ClN2O4. The Morgan fingerprint density at radius 3 is 2.48 bits per heavy atom. The van der Waals surface area contributed by atoms with Gasteiger partial charge in [-0.3, -0.25) is 9.69 Å². The van der Waals surface area contributed by atoms with E-state index in [-0.39, 0.29) is 13.2 Å². The highest BCUT2D eigenvalue weighted by Crippen LogP contribution is 2.33. The summed E-state index contributed by atoms with van der Waals surface area (Å²) in [6.07, 6.45) is -0.654. The SMILES string of the molecule is CCC1(c2ccc(Cl)cc2)NC(=O)N(CC(O)COc2ccc3ccccc3c2)C1=O. The van der Waals surface area contributed by atoms with Crippen LogP contribution in [0.4, 0.5) is 4.79 Å². The minimum atomic E-state index is -1.17. The van der Waals surface area contributed by atoms with Crippen LogP contribution in [0.5, 0.6) is 5.75 Å². The number of hydrogen-bond acceptors (Lipinski definition) is 4. The first-order chi connectivity index (χ1) is 14.9. The number of aliphatic hydroxyl groups is 1. The van der Waals surface area contributed by atoms with Crippen LogP contribution in [-0.4, -0.2) is 41.2 Å². The number of halogens is 1. The molecule has 1 aliphatic rings. The standard InChI is InChI=1S/C24H23ClN2O4/c1-2-24(18-8-10-19(25)11-9-18)22(29)27(23(30)26-24)14-20(28)15-31-21-12-7-16-5-3-4-6-17(16)13-21/h3-13,20,28H,2,14-15H2,1H3,(H,26,30). The Morgan fingerprint density at radius 2 is 1.77 bits per heavy atom. The molecule has 1 saturated heterocycles. The number of rotatable bonds is 7. The van der Waals surface area contributed by atoms with Crippen molar-refractivity contribution in [3.63, 3.8) is 0 Å². The molecule has 160 valence electrons. The number of amides is 3. The van der Waals surface area contributed by atoms with Crippen molar-refractivity contribution in [2.24, 2.45) is 0 Å². The van der Waals surface area contributed by atoms with Crippen LogP contribution in [0.1, 0.15) is 18.9 Å². The Bertz CT molecular complexity index is 1120. The predicted molar refractivity (Wildman–Crippen MR) is 119 cm³/mol. The maximum Gasteiger partial charge on any atom is 0.325 e. The first kappa shape index (κ1) is 21.2. The number of hydrogen-bond donors (Lipinski definition) is 2. The summed E-state index contributed by atoms with van der Waals surface area (Å²) in [5.74, 6) is 0.214. The van der Waals surface area contributed by atoms with Crippen molar-refractivity contribution >= 4 is 34.3 Å². The summed E-state index contributed by atoms with van der Waals surface area (Å²) in [5.41, 5.74) is -0.511. The van der Waals surface area contributed by atoms with E-state index < -0.39 is 23.6 Å². The van der Waals surface area contributed by atoms with E-state index in [9.17, 15) is 14.7 Å². The molecule has 0 radical (unpaired) electrons. The zero-order chi connectivity index (χ0) is 22.0. The summed E-state index contributed by atoms with van der Waals surface area (Å²) in [4.78, 5) is 26.8. The summed E-state index contributed by atoms with van der Waals surface area (Å²) in [5, 5.41) is 15.9. The lowest BCUT2D eigenvalue weighted by atomic mass is 9.87. The summed E-state index contributed by atoms with van der Waals surface area (Å²) in [7, 11) is 0. The molecule has 3 aromatic rings. The third-order valence-corrected chi connectivity index (χ3v) is 5.85. The van der Waals surface area contributed by atoms with Crippen molar-refractivity contribution in [1.82, 2.24) is 10.2 Å². The van der Waals surface area contributed by atoms with E-state index in [2.05, 4.69) is 5.32 Å². The van der Waals surface area contributed by atoms with Gasteiger partial charge in [0, 0.05) is 5.02 Å². The van der Waals surface area contributed by atoms with Crippen LogP contribution in [0.3, 0.4) is 0 Å². The molecule has 4 rings (SSSR count). The highest BCUT2D eigenvalue weighted by Gasteiger charge is 2.51. The van der Waals surface area contributed by atoms with Gasteiger partial charge in [-0.1, -0.05) is 61.0 Å². The molecule has 2 N–H and O–H groups in total. The number of fused-ring (bicyclic) bond motifs is 1. The Balaban J connectivity index is 1.43. The van der Waals surface area contributed by atoms with Crippen LogP contribution < -0.4 is 10.1 Å². The number of nitrogens with one attached hydrogen (secondary N) is 1. The molecular weight excluding hydrogens is 416 g/mol. The van der Waals surface area contributed by atoms with Gasteiger partial charge in [0.05, 0.1) is 6.54 Å². The Kier molecular flexibility index (Phi) is 5.85. The summed E-state index contributed by atoms with van der Waals surface area (Å²) < 4.78 is 5.70.